The van der Waals surface area contributed by atoms with Gasteiger partial charge in [0.1, 0.15) is 0 Å². The zero-order chi connectivity index (χ0) is 12.1. The standard InChI is InChI=1S/C13H20N2OS/c1-2-11(12-4-3-7-17-12)15-13(16)8-10-5-6-14-9-10/h3-4,7,10-11,14H,2,5-6,8-9H2,1H3,(H,15,16). The summed E-state index contributed by atoms with van der Waals surface area (Å²) >= 11 is 1.71. The summed E-state index contributed by atoms with van der Waals surface area (Å²) in [5.41, 5.74) is 0. The van der Waals surface area contributed by atoms with Crippen molar-refractivity contribution in [1.29, 1.82) is 0 Å². The van der Waals surface area contributed by atoms with E-state index < -0.39 is 0 Å². The number of thiophene rings is 1. The fourth-order valence-corrected chi connectivity index (χ4v) is 3.13. The van der Waals surface area contributed by atoms with E-state index in [9.17, 15) is 4.79 Å². The molecule has 1 amide bonds. The molecule has 17 heavy (non-hydrogen) atoms. The number of nitrogens with one attached hydrogen (secondary N) is 2. The van der Waals surface area contributed by atoms with Gasteiger partial charge in [-0.05, 0) is 43.3 Å². The van der Waals surface area contributed by atoms with Crippen molar-refractivity contribution in [2.75, 3.05) is 13.1 Å². The molecule has 0 bridgehead atoms. The molecule has 94 valence electrons. The molecule has 1 aliphatic rings. The lowest BCUT2D eigenvalue weighted by Gasteiger charge is -2.16. The summed E-state index contributed by atoms with van der Waals surface area (Å²) < 4.78 is 0. The summed E-state index contributed by atoms with van der Waals surface area (Å²) in [5.74, 6) is 0.717. The molecule has 1 aromatic heterocycles. The van der Waals surface area contributed by atoms with Gasteiger partial charge >= 0.3 is 0 Å². The van der Waals surface area contributed by atoms with Crippen molar-refractivity contribution >= 4 is 17.2 Å². The second-order valence-electron chi connectivity index (χ2n) is 4.61. The van der Waals surface area contributed by atoms with Crippen LogP contribution in [-0.4, -0.2) is 19.0 Å². The Morgan fingerprint density at radius 2 is 2.59 bits per heavy atom. The quantitative estimate of drug-likeness (QED) is 0.844. The first kappa shape index (κ1) is 12.6. The molecular weight excluding hydrogens is 232 g/mol. The Kier molecular flexibility index (Phi) is 4.57. The molecule has 0 aliphatic carbocycles. The van der Waals surface area contributed by atoms with Crippen LogP contribution in [0.25, 0.3) is 0 Å². The highest BCUT2D eigenvalue weighted by Gasteiger charge is 2.20. The van der Waals surface area contributed by atoms with Crippen molar-refractivity contribution in [3.63, 3.8) is 0 Å². The zero-order valence-electron chi connectivity index (χ0n) is 10.2. The van der Waals surface area contributed by atoms with Gasteiger partial charge in [-0.3, -0.25) is 4.79 Å². The van der Waals surface area contributed by atoms with Gasteiger partial charge in [0.05, 0.1) is 6.04 Å². The third-order valence-corrected chi connectivity index (χ3v) is 4.25. The van der Waals surface area contributed by atoms with E-state index >= 15 is 0 Å². The van der Waals surface area contributed by atoms with Crippen molar-refractivity contribution in [1.82, 2.24) is 10.6 Å². The van der Waals surface area contributed by atoms with Gasteiger partial charge in [0.2, 0.25) is 5.91 Å². The fourth-order valence-electron chi connectivity index (χ4n) is 2.27. The molecule has 2 N–H and O–H groups in total. The molecule has 0 spiro atoms. The molecule has 2 rings (SSSR count). The summed E-state index contributed by atoms with van der Waals surface area (Å²) in [4.78, 5) is 13.2. The average Bonchev–Trinajstić information content (AvgIpc) is 2.97. The lowest BCUT2D eigenvalue weighted by atomic mass is 10.0. The van der Waals surface area contributed by atoms with E-state index in [-0.39, 0.29) is 11.9 Å². The Labute approximate surface area is 107 Å². The molecule has 3 nitrogen and oxygen atoms in total. The monoisotopic (exact) mass is 252 g/mol. The van der Waals surface area contributed by atoms with Crippen LogP contribution in [0.4, 0.5) is 0 Å². The number of carbonyl (C=O) groups excluding carboxylic acids is 1. The lowest BCUT2D eigenvalue weighted by Crippen LogP contribution is -2.29. The van der Waals surface area contributed by atoms with Crippen LogP contribution in [0.2, 0.25) is 0 Å². The second kappa shape index (κ2) is 6.17. The molecule has 1 aliphatic heterocycles. The number of carbonyl (C=O) groups is 1. The van der Waals surface area contributed by atoms with Gasteiger partial charge < -0.3 is 10.6 Å². The number of rotatable bonds is 5. The molecule has 2 unspecified atom stereocenters. The highest BCUT2D eigenvalue weighted by molar-refractivity contribution is 7.10. The van der Waals surface area contributed by atoms with E-state index in [1.54, 1.807) is 11.3 Å². The Hall–Kier alpha value is -0.870. The normalized spacial score (nSPS) is 21.4. The van der Waals surface area contributed by atoms with Crippen molar-refractivity contribution in [3.05, 3.63) is 22.4 Å². The van der Waals surface area contributed by atoms with Crippen LogP contribution < -0.4 is 10.6 Å². The molecule has 0 aromatic carbocycles. The minimum Gasteiger partial charge on any atom is -0.348 e. The molecule has 0 saturated carbocycles. The zero-order valence-corrected chi connectivity index (χ0v) is 11.1. The van der Waals surface area contributed by atoms with E-state index in [4.69, 9.17) is 0 Å². The van der Waals surface area contributed by atoms with Gasteiger partial charge in [0.25, 0.3) is 0 Å². The molecular formula is C13H20N2OS. The van der Waals surface area contributed by atoms with Crippen LogP contribution in [0.3, 0.4) is 0 Å². The number of hydrogen-bond acceptors (Lipinski definition) is 3. The maximum atomic E-state index is 11.9. The third-order valence-electron chi connectivity index (χ3n) is 3.27. The summed E-state index contributed by atoms with van der Waals surface area (Å²) in [6.45, 7) is 4.16. The van der Waals surface area contributed by atoms with Gasteiger partial charge in [-0.1, -0.05) is 13.0 Å². The largest absolute Gasteiger partial charge is 0.348 e. The smallest absolute Gasteiger partial charge is 0.220 e. The van der Waals surface area contributed by atoms with Gasteiger partial charge in [-0.2, -0.15) is 0 Å². The van der Waals surface area contributed by atoms with Crippen LogP contribution in [-0.2, 0) is 4.79 Å². The van der Waals surface area contributed by atoms with Gasteiger partial charge in [0, 0.05) is 11.3 Å². The van der Waals surface area contributed by atoms with Crippen molar-refractivity contribution in [2.45, 2.75) is 32.2 Å². The van der Waals surface area contributed by atoms with Crippen LogP contribution >= 0.6 is 11.3 Å². The van der Waals surface area contributed by atoms with E-state index in [1.165, 1.54) is 4.88 Å². The second-order valence-corrected chi connectivity index (χ2v) is 5.59. The first-order chi connectivity index (χ1) is 8.29. The summed E-state index contributed by atoms with van der Waals surface area (Å²) in [7, 11) is 0. The lowest BCUT2D eigenvalue weighted by molar-refractivity contribution is -0.122. The molecule has 2 heterocycles. The topological polar surface area (TPSA) is 41.1 Å². The maximum absolute atomic E-state index is 11.9. The van der Waals surface area contributed by atoms with Crippen LogP contribution in [0.5, 0.6) is 0 Å². The Balaban J connectivity index is 1.83. The highest BCUT2D eigenvalue weighted by Crippen LogP contribution is 2.22. The molecule has 4 heteroatoms. The molecule has 0 radical (unpaired) electrons. The number of hydrogen-bond donors (Lipinski definition) is 2. The Morgan fingerprint density at radius 3 is 3.18 bits per heavy atom. The average molecular weight is 252 g/mol. The maximum Gasteiger partial charge on any atom is 0.220 e. The molecule has 1 fully saturated rings. The molecule has 1 saturated heterocycles. The first-order valence-corrected chi connectivity index (χ1v) is 7.21. The highest BCUT2D eigenvalue weighted by atomic mass is 32.1. The summed E-state index contributed by atoms with van der Waals surface area (Å²) in [6, 6.07) is 4.32. The van der Waals surface area contributed by atoms with E-state index in [0.29, 0.717) is 12.3 Å². The Morgan fingerprint density at radius 1 is 1.71 bits per heavy atom. The van der Waals surface area contributed by atoms with E-state index in [2.05, 4.69) is 29.0 Å². The van der Waals surface area contributed by atoms with Crippen molar-refractivity contribution in [3.8, 4) is 0 Å². The third kappa shape index (κ3) is 3.54. The first-order valence-electron chi connectivity index (χ1n) is 6.33. The van der Waals surface area contributed by atoms with E-state index in [0.717, 1.165) is 25.9 Å². The number of amides is 1. The van der Waals surface area contributed by atoms with Crippen molar-refractivity contribution in [2.24, 2.45) is 5.92 Å². The van der Waals surface area contributed by atoms with Gasteiger partial charge in [0.15, 0.2) is 0 Å². The SMILES string of the molecule is CCC(NC(=O)CC1CCNC1)c1cccs1. The van der Waals surface area contributed by atoms with Crippen LogP contribution in [0, 0.1) is 5.92 Å². The Bertz CT molecular complexity index is 344. The summed E-state index contributed by atoms with van der Waals surface area (Å²) in [6.07, 6.45) is 2.74. The predicted molar refractivity (Wildman–Crippen MR) is 71.1 cm³/mol. The van der Waals surface area contributed by atoms with Gasteiger partial charge in [-0.15, -0.1) is 11.3 Å². The summed E-state index contributed by atoms with van der Waals surface area (Å²) in [5, 5.41) is 8.49. The minimum absolute atomic E-state index is 0.192. The van der Waals surface area contributed by atoms with Crippen molar-refractivity contribution < 1.29 is 4.79 Å². The van der Waals surface area contributed by atoms with Crippen LogP contribution in [0.1, 0.15) is 37.1 Å². The molecule has 1 aromatic rings. The van der Waals surface area contributed by atoms with E-state index in [1.807, 2.05) is 6.07 Å². The predicted octanol–water partition coefficient (Wildman–Crippen LogP) is 2.31. The fraction of sp³-hybridized carbons (Fsp3) is 0.615. The minimum atomic E-state index is 0.192. The van der Waals surface area contributed by atoms with Crippen LogP contribution in [0.15, 0.2) is 17.5 Å². The molecule has 2 atom stereocenters. The van der Waals surface area contributed by atoms with Gasteiger partial charge in [-0.25, -0.2) is 0 Å².